The fourth-order valence-electron chi connectivity index (χ4n) is 3.18. The Morgan fingerprint density at radius 2 is 1.69 bits per heavy atom. The van der Waals surface area contributed by atoms with Gasteiger partial charge in [0.2, 0.25) is 16.6 Å². The van der Waals surface area contributed by atoms with E-state index in [9.17, 15) is 14.7 Å². The van der Waals surface area contributed by atoms with Crippen molar-refractivity contribution in [1.29, 1.82) is 0 Å². The van der Waals surface area contributed by atoms with E-state index in [0.29, 0.717) is 32.2 Å². The molecule has 5 N–H and O–H groups in total. The van der Waals surface area contributed by atoms with Gasteiger partial charge in [-0.2, -0.15) is 5.10 Å². The first-order valence-electron chi connectivity index (χ1n) is 9.54. The van der Waals surface area contributed by atoms with Crippen molar-refractivity contribution in [1.82, 2.24) is 9.78 Å². The summed E-state index contributed by atoms with van der Waals surface area (Å²) in [4.78, 5) is 28.5. The lowest BCUT2D eigenvalue weighted by atomic mass is 9.96. The van der Waals surface area contributed by atoms with E-state index in [1.165, 1.54) is 11.3 Å². The Hall–Kier alpha value is -4.24. The van der Waals surface area contributed by atoms with E-state index in [1.54, 1.807) is 72.4 Å². The van der Waals surface area contributed by atoms with Crippen LogP contribution >= 0.6 is 11.3 Å². The van der Waals surface area contributed by atoms with Crippen LogP contribution in [0.4, 0.5) is 5.69 Å². The third-order valence-corrected chi connectivity index (χ3v) is 5.82. The third kappa shape index (κ3) is 4.28. The maximum atomic E-state index is 12.0. The van der Waals surface area contributed by atoms with Crippen LogP contribution in [0.2, 0.25) is 0 Å². The zero-order valence-corrected chi connectivity index (χ0v) is 17.8. The van der Waals surface area contributed by atoms with Crippen molar-refractivity contribution in [3.63, 3.8) is 0 Å². The normalized spacial score (nSPS) is 11.5. The molecule has 0 saturated heterocycles. The average molecular weight is 446 g/mol. The SMILES string of the molecule is Cn1nc(-c2ccc(C(N)=O)c(-c3ccc(C(N)=O)cc3)c2)sc1=Nc1cccc(O)c1. The van der Waals surface area contributed by atoms with Crippen LogP contribution in [-0.2, 0) is 7.05 Å². The van der Waals surface area contributed by atoms with Crippen LogP contribution in [0.3, 0.4) is 0 Å². The lowest BCUT2D eigenvalue weighted by Gasteiger charge is -2.09. The van der Waals surface area contributed by atoms with Crippen molar-refractivity contribution in [2.45, 2.75) is 0 Å². The van der Waals surface area contributed by atoms with E-state index in [1.807, 2.05) is 6.07 Å². The van der Waals surface area contributed by atoms with E-state index in [0.717, 1.165) is 11.1 Å². The topological polar surface area (TPSA) is 137 Å². The van der Waals surface area contributed by atoms with E-state index in [-0.39, 0.29) is 5.75 Å². The number of carbonyl (C=O) groups is 2. The first kappa shape index (κ1) is 21.0. The Balaban J connectivity index is 1.79. The second-order valence-corrected chi connectivity index (χ2v) is 7.97. The molecular formula is C23H19N5O3S. The first-order chi connectivity index (χ1) is 15.3. The van der Waals surface area contributed by atoms with Crippen molar-refractivity contribution in [3.8, 4) is 27.4 Å². The molecule has 4 aromatic rings. The van der Waals surface area contributed by atoms with Crippen LogP contribution < -0.4 is 16.3 Å². The molecule has 0 aliphatic carbocycles. The van der Waals surface area contributed by atoms with Gasteiger partial charge < -0.3 is 16.6 Å². The van der Waals surface area contributed by atoms with Gasteiger partial charge in [-0.3, -0.25) is 9.59 Å². The van der Waals surface area contributed by atoms with Gasteiger partial charge in [0.1, 0.15) is 10.8 Å². The maximum Gasteiger partial charge on any atom is 0.249 e. The summed E-state index contributed by atoms with van der Waals surface area (Å²) >= 11 is 1.36. The summed E-state index contributed by atoms with van der Waals surface area (Å²) in [7, 11) is 1.78. The van der Waals surface area contributed by atoms with Crippen molar-refractivity contribution >= 4 is 28.8 Å². The fraction of sp³-hybridized carbons (Fsp3) is 0.0435. The molecule has 0 fully saturated rings. The minimum Gasteiger partial charge on any atom is -0.508 e. The molecule has 0 saturated carbocycles. The van der Waals surface area contributed by atoms with Gasteiger partial charge in [0, 0.05) is 29.8 Å². The number of primary amides is 2. The largest absolute Gasteiger partial charge is 0.508 e. The van der Waals surface area contributed by atoms with Crippen LogP contribution in [-0.4, -0.2) is 26.7 Å². The summed E-state index contributed by atoms with van der Waals surface area (Å²) in [5, 5.41) is 14.9. The van der Waals surface area contributed by atoms with Gasteiger partial charge in [-0.25, -0.2) is 9.67 Å². The van der Waals surface area contributed by atoms with Crippen LogP contribution in [0.25, 0.3) is 21.7 Å². The molecule has 0 aliphatic heterocycles. The molecule has 2 amide bonds. The molecule has 0 unspecified atom stereocenters. The predicted octanol–water partition coefficient (Wildman–Crippen LogP) is 2.95. The number of aromatic nitrogens is 2. The lowest BCUT2D eigenvalue weighted by molar-refractivity contribution is 0.0992. The highest BCUT2D eigenvalue weighted by Crippen LogP contribution is 2.30. The number of nitrogens with zero attached hydrogens (tertiary/aromatic N) is 3. The Morgan fingerprint density at radius 3 is 2.34 bits per heavy atom. The Kier molecular flexibility index (Phi) is 5.57. The quantitative estimate of drug-likeness (QED) is 0.435. The molecule has 0 atom stereocenters. The number of amides is 2. The zero-order valence-electron chi connectivity index (χ0n) is 17.0. The van der Waals surface area contributed by atoms with Gasteiger partial charge in [-0.15, -0.1) is 0 Å². The minimum absolute atomic E-state index is 0.132. The minimum atomic E-state index is -0.560. The molecular weight excluding hydrogens is 426 g/mol. The number of phenolic OH excluding ortho intramolecular Hbond substituents is 1. The Bertz CT molecular complexity index is 1400. The molecule has 160 valence electrons. The van der Waals surface area contributed by atoms with Gasteiger partial charge in [-0.1, -0.05) is 35.6 Å². The van der Waals surface area contributed by atoms with Gasteiger partial charge in [0.25, 0.3) is 0 Å². The van der Waals surface area contributed by atoms with E-state index < -0.39 is 11.8 Å². The van der Waals surface area contributed by atoms with E-state index >= 15 is 0 Å². The standard InChI is InChI=1S/C23H19N5O3S/c1-28-23(26-16-3-2-4-17(29)12-16)32-22(27-28)15-9-10-18(21(25)31)19(11-15)13-5-7-14(8-6-13)20(24)30/h2-12,29H,1H3,(H2,24,30)(H2,25,31). The van der Waals surface area contributed by atoms with Gasteiger partial charge in [0.15, 0.2) is 0 Å². The molecule has 32 heavy (non-hydrogen) atoms. The van der Waals surface area contributed by atoms with Crippen LogP contribution in [0.1, 0.15) is 20.7 Å². The lowest BCUT2D eigenvalue weighted by Crippen LogP contribution is -2.13. The van der Waals surface area contributed by atoms with Crippen LogP contribution in [0.5, 0.6) is 5.75 Å². The summed E-state index contributed by atoms with van der Waals surface area (Å²) in [6.45, 7) is 0. The molecule has 1 aromatic heterocycles. The van der Waals surface area contributed by atoms with Crippen molar-refractivity contribution in [2.75, 3.05) is 0 Å². The van der Waals surface area contributed by atoms with Crippen LogP contribution in [0.15, 0.2) is 71.7 Å². The number of aryl methyl sites for hydroxylation is 1. The number of rotatable bonds is 5. The fourth-order valence-corrected chi connectivity index (χ4v) is 4.09. The number of aromatic hydroxyl groups is 1. The van der Waals surface area contributed by atoms with E-state index in [4.69, 9.17) is 11.5 Å². The number of hydrogen-bond acceptors (Lipinski definition) is 6. The van der Waals surface area contributed by atoms with E-state index in [2.05, 4.69) is 10.1 Å². The molecule has 9 heteroatoms. The molecule has 0 spiro atoms. The maximum absolute atomic E-state index is 12.0. The molecule has 1 heterocycles. The summed E-state index contributed by atoms with van der Waals surface area (Å²) in [5.41, 5.74) is 14.3. The second-order valence-electron chi connectivity index (χ2n) is 7.01. The molecule has 0 aliphatic rings. The second kappa shape index (κ2) is 8.48. The average Bonchev–Trinajstić information content (AvgIpc) is 3.13. The number of carbonyl (C=O) groups excluding carboxylic acids is 2. The number of phenols is 1. The molecule has 4 rings (SSSR count). The Labute approximate surface area is 187 Å². The smallest absolute Gasteiger partial charge is 0.249 e. The number of hydrogen-bond donors (Lipinski definition) is 3. The first-order valence-corrected chi connectivity index (χ1v) is 10.4. The molecule has 3 aromatic carbocycles. The summed E-state index contributed by atoms with van der Waals surface area (Å²) in [6, 6.07) is 18.5. The van der Waals surface area contributed by atoms with Crippen molar-refractivity contribution in [2.24, 2.45) is 23.5 Å². The van der Waals surface area contributed by atoms with Crippen LogP contribution in [0, 0.1) is 0 Å². The van der Waals surface area contributed by atoms with Crippen molar-refractivity contribution in [3.05, 3.63) is 82.7 Å². The summed E-state index contributed by atoms with van der Waals surface area (Å²) in [5.74, 6) is -0.957. The molecule has 8 nitrogen and oxygen atoms in total. The highest BCUT2D eigenvalue weighted by atomic mass is 32.1. The predicted molar refractivity (Wildman–Crippen MR) is 122 cm³/mol. The van der Waals surface area contributed by atoms with Crippen molar-refractivity contribution < 1.29 is 14.7 Å². The third-order valence-electron chi connectivity index (χ3n) is 4.77. The number of nitrogens with two attached hydrogens (primary N) is 2. The number of benzene rings is 3. The van der Waals surface area contributed by atoms with Gasteiger partial charge >= 0.3 is 0 Å². The highest BCUT2D eigenvalue weighted by Gasteiger charge is 2.14. The molecule has 0 bridgehead atoms. The zero-order chi connectivity index (χ0) is 22.8. The Morgan fingerprint density at radius 1 is 0.969 bits per heavy atom. The molecule has 0 radical (unpaired) electrons. The van der Waals surface area contributed by atoms with Gasteiger partial charge in [-0.05, 0) is 47.5 Å². The summed E-state index contributed by atoms with van der Waals surface area (Å²) in [6.07, 6.45) is 0. The monoisotopic (exact) mass is 445 g/mol. The summed E-state index contributed by atoms with van der Waals surface area (Å²) < 4.78 is 1.65. The van der Waals surface area contributed by atoms with Gasteiger partial charge in [0.05, 0.1) is 5.69 Å². The highest BCUT2D eigenvalue weighted by molar-refractivity contribution is 7.12.